The average molecular weight is 530 g/mol. The van der Waals surface area contributed by atoms with E-state index in [1.807, 2.05) is 0 Å². The zero-order valence-corrected chi connectivity index (χ0v) is 20.4. The molecule has 6 rings (SSSR count). The van der Waals surface area contributed by atoms with Crippen LogP contribution >= 0.6 is 11.6 Å². The number of halogens is 4. The molecule has 10 heteroatoms. The number of carbonyl (C=O) groups is 1. The summed E-state index contributed by atoms with van der Waals surface area (Å²) in [5.74, 6) is -2.94. The molecule has 0 aromatic heterocycles. The summed E-state index contributed by atoms with van der Waals surface area (Å²) in [6.07, 6.45) is 1.83. The van der Waals surface area contributed by atoms with E-state index in [9.17, 15) is 9.18 Å². The highest BCUT2D eigenvalue weighted by Gasteiger charge is 2.50. The minimum atomic E-state index is -1.03. The number of fused-ring (bicyclic) bond motifs is 2. The first-order valence-corrected chi connectivity index (χ1v) is 12.4. The van der Waals surface area contributed by atoms with Crippen molar-refractivity contribution in [3.8, 4) is 22.6 Å². The van der Waals surface area contributed by atoms with Crippen molar-refractivity contribution in [2.75, 3.05) is 25.0 Å². The van der Waals surface area contributed by atoms with Gasteiger partial charge >= 0.3 is 0 Å². The Morgan fingerprint density at radius 2 is 1.89 bits per heavy atom. The lowest BCUT2D eigenvalue weighted by Crippen LogP contribution is -2.48. The number of ether oxygens (including phenoxy) is 2. The molecule has 6 nitrogen and oxygen atoms in total. The molecule has 3 aliphatic rings. The molecule has 1 fully saturated rings. The molecule has 3 aromatic rings. The second-order valence-corrected chi connectivity index (χ2v) is 9.86. The largest absolute Gasteiger partial charge is 0.486 e. The van der Waals surface area contributed by atoms with Crippen molar-refractivity contribution in [2.24, 2.45) is 5.73 Å². The van der Waals surface area contributed by atoms with Crippen LogP contribution in [0.3, 0.4) is 0 Å². The monoisotopic (exact) mass is 529 g/mol. The fraction of sp³-hybridized carbons (Fsp3) is 0.296. The molecular formula is C27H23ClF3N3O3. The lowest BCUT2D eigenvalue weighted by atomic mass is 9.80. The van der Waals surface area contributed by atoms with E-state index in [0.29, 0.717) is 17.7 Å². The standard InChI is InChI=1S/C27H23ClF3N3O3/c28-23-17(30)11-19-16(12-27(37-19,20-2-1-7-34-20)13-3-5-14(29)6-4-13)21(23)22-15(26(32)35)10-18-25(24(22)31)36-9-8-33-18/h3-6,10-11,20,33-34H,1-2,7-9,12H2,(H2,32,35)/t20-,27-/m0/s1. The molecule has 0 radical (unpaired) electrons. The summed E-state index contributed by atoms with van der Waals surface area (Å²) in [6.45, 7) is 1.38. The molecule has 0 spiro atoms. The Hall–Kier alpha value is -3.43. The third kappa shape index (κ3) is 3.71. The summed E-state index contributed by atoms with van der Waals surface area (Å²) in [4.78, 5) is 12.5. The maximum absolute atomic E-state index is 16.1. The zero-order valence-electron chi connectivity index (χ0n) is 19.6. The highest BCUT2D eigenvalue weighted by atomic mass is 35.5. The first-order chi connectivity index (χ1) is 17.8. The number of amides is 1. The second kappa shape index (κ2) is 8.85. The molecule has 2 atom stereocenters. The average Bonchev–Trinajstić information content (AvgIpc) is 3.55. The van der Waals surface area contributed by atoms with Gasteiger partial charge in [0.05, 0.1) is 22.3 Å². The molecule has 3 aromatic carbocycles. The highest BCUT2D eigenvalue weighted by molar-refractivity contribution is 6.34. The molecule has 0 aliphatic carbocycles. The van der Waals surface area contributed by atoms with Gasteiger partial charge in [0, 0.05) is 35.7 Å². The fourth-order valence-corrected chi connectivity index (χ4v) is 5.98. The molecular weight excluding hydrogens is 507 g/mol. The van der Waals surface area contributed by atoms with Gasteiger partial charge in [-0.2, -0.15) is 0 Å². The lowest BCUT2D eigenvalue weighted by molar-refractivity contribution is 0.0538. The van der Waals surface area contributed by atoms with Crippen molar-refractivity contribution in [1.29, 1.82) is 0 Å². The van der Waals surface area contributed by atoms with Crippen LogP contribution in [0.25, 0.3) is 11.1 Å². The number of anilines is 1. The van der Waals surface area contributed by atoms with Crippen molar-refractivity contribution in [3.05, 3.63) is 75.6 Å². The van der Waals surface area contributed by atoms with Crippen LogP contribution in [0.15, 0.2) is 36.4 Å². The van der Waals surface area contributed by atoms with Gasteiger partial charge in [0.2, 0.25) is 5.91 Å². The van der Waals surface area contributed by atoms with Crippen LogP contribution in [0.2, 0.25) is 5.02 Å². The van der Waals surface area contributed by atoms with Gasteiger partial charge in [0.15, 0.2) is 17.2 Å². The normalized spacial score (nSPS) is 22.0. The van der Waals surface area contributed by atoms with E-state index in [1.165, 1.54) is 24.3 Å². The van der Waals surface area contributed by atoms with Gasteiger partial charge in [-0.15, -0.1) is 0 Å². The summed E-state index contributed by atoms with van der Waals surface area (Å²) in [6, 6.07) is 8.32. The van der Waals surface area contributed by atoms with Crippen LogP contribution in [-0.4, -0.2) is 31.6 Å². The quantitative estimate of drug-likeness (QED) is 0.447. The van der Waals surface area contributed by atoms with Crippen LogP contribution in [0.4, 0.5) is 18.9 Å². The third-order valence-electron chi connectivity index (χ3n) is 7.37. The molecule has 1 saturated heterocycles. The Kier molecular flexibility index (Phi) is 5.72. The van der Waals surface area contributed by atoms with Crippen molar-refractivity contribution in [2.45, 2.75) is 30.9 Å². The third-order valence-corrected chi connectivity index (χ3v) is 7.74. The first-order valence-electron chi connectivity index (χ1n) is 12.0. The van der Waals surface area contributed by atoms with E-state index in [1.54, 1.807) is 12.1 Å². The Morgan fingerprint density at radius 1 is 1.11 bits per heavy atom. The highest BCUT2D eigenvalue weighted by Crippen LogP contribution is 2.53. The summed E-state index contributed by atoms with van der Waals surface area (Å²) in [5.41, 5.74) is 5.59. The van der Waals surface area contributed by atoms with Gasteiger partial charge < -0.3 is 25.8 Å². The van der Waals surface area contributed by atoms with Crippen LogP contribution in [0.1, 0.15) is 34.3 Å². The van der Waals surface area contributed by atoms with Gasteiger partial charge in [0.25, 0.3) is 0 Å². The summed E-state index contributed by atoms with van der Waals surface area (Å²) in [5, 5.41) is 6.06. The van der Waals surface area contributed by atoms with Crippen molar-refractivity contribution >= 4 is 23.2 Å². The SMILES string of the molecule is NC(=O)c1cc2c(c(F)c1-c1c(Cl)c(F)cc3c1C[C@](c1ccc(F)cc1)([C@@H]1CCCN1)O3)OCCN2. The van der Waals surface area contributed by atoms with Gasteiger partial charge in [-0.1, -0.05) is 23.7 Å². The number of hydrogen-bond acceptors (Lipinski definition) is 5. The maximum Gasteiger partial charge on any atom is 0.249 e. The number of hydrogen-bond donors (Lipinski definition) is 3. The predicted octanol–water partition coefficient (Wildman–Crippen LogP) is 4.91. The molecule has 0 saturated carbocycles. The van der Waals surface area contributed by atoms with E-state index in [0.717, 1.165) is 19.4 Å². The molecule has 0 unspecified atom stereocenters. The van der Waals surface area contributed by atoms with E-state index >= 15 is 8.78 Å². The van der Waals surface area contributed by atoms with E-state index in [-0.39, 0.29) is 58.0 Å². The first kappa shape index (κ1) is 23.9. The van der Waals surface area contributed by atoms with Crippen LogP contribution in [-0.2, 0) is 12.0 Å². The maximum atomic E-state index is 16.1. The van der Waals surface area contributed by atoms with E-state index in [2.05, 4.69) is 10.6 Å². The van der Waals surface area contributed by atoms with E-state index in [4.69, 9.17) is 26.8 Å². The predicted molar refractivity (Wildman–Crippen MR) is 133 cm³/mol. The number of primary amides is 1. The fourth-order valence-electron chi connectivity index (χ4n) is 5.72. The Bertz CT molecular complexity index is 1430. The Labute approximate surface area is 215 Å². The van der Waals surface area contributed by atoms with Crippen LogP contribution < -0.4 is 25.8 Å². The summed E-state index contributed by atoms with van der Waals surface area (Å²) < 4.78 is 57.1. The topological polar surface area (TPSA) is 85.6 Å². The molecule has 4 N–H and O–H groups in total. The molecule has 1 amide bonds. The molecule has 192 valence electrons. The van der Waals surface area contributed by atoms with Gasteiger partial charge in [-0.3, -0.25) is 4.79 Å². The van der Waals surface area contributed by atoms with Gasteiger partial charge in [-0.05, 0) is 43.1 Å². The minimum absolute atomic E-state index is 0.0121. The summed E-state index contributed by atoms with van der Waals surface area (Å²) in [7, 11) is 0. The van der Waals surface area contributed by atoms with Crippen molar-refractivity contribution < 1.29 is 27.4 Å². The molecule has 0 bridgehead atoms. The Morgan fingerprint density at radius 3 is 2.59 bits per heavy atom. The van der Waals surface area contributed by atoms with E-state index < -0.39 is 29.0 Å². The number of nitrogens with two attached hydrogens (primary N) is 1. The molecule has 37 heavy (non-hydrogen) atoms. The Balaban J connectivity index is 1.59. The van der Waals surface area contributed by atoms with Gasteiger partial charge in [0.1, 0.15) is 24.0 Å². The second-order valence-electron chi connectivity index (χ2n) is 9.48. The minimum Gasteiger partial charge on any atom is -0.486 e. The van der Waals surface area contributed by atoms with Gasteiger partial charge in [-0.25, -0.2) is 13.2 Å². The number of carbonyl (C=O) groups excluding carboxylic acids is 1. The number of rotatable bonds is 4. The molecule has 3 heterocycles. The number of benzene rings is 3. The number of nitrogens with one attached hydrogen (secondary N) is 2. The lowest BCUT2D eigenvalue weighted by Gasteiger charge is -2.35. The van der Waals surface area contributed by atoms with Crippen molar-refractivity contribution in [3.63, 3.8) is 0 Å². The van der Waals surface area contributed by atoms with Crippen LogP contribution in [0.5, 0.6) is 11.5 Å². The zero-order chi connectivity index (χ0) is 25.9. The smallest absolute Gasteiger partial charge is 0.249 e. The van der Waals surface area contributed by atoms with Crippen LogP contribution in [0, 0.1) is 17.5 Å². The van der Waals surface area contributed by atoms with Crippen molar-refractivity contribution in [1.82, 2.24) is 5.32 Å². The molecule has 3 aliphatic heterocycles. The summed E-state index contributed by atoms with van der Waals surface area (Å²) >= 11 is 6.49.